The van der Waals surface area contributed by atoms with Crippen molar-refractivity contribution >= 4 is 27.5 Å². The summed E-state index contributed by atoms with van der Waals surface area (Å²) in [4.78, 5) is 26.2. The van der Waals surface area contributed by atoms with Gasteiger partial charge in [0.2, 0.25) is 21.8 Å². The fourth-order valence-electron chi connectivity index (χ4n) is 3.10. The highest BCUT2D eigenvalue weighted by Gasteiger charge is 2.32. The van der Waals surface area contributed by atoms with Gasteiger partial charge in [-0.15, -0.1) is 0 Å². The second-order valence-electron chi connectivity index (χ2n) is 7.09. The van der Waals surface area contributed by atoms with E-state index in [0.29, 0.717) is 12.1 Å². The molecule has 1 aliphatic heterocycles. The molecule has 1 heterocycles. The molecule has 12 heteroatoms. The molecule has 1 fully saturated rings. The van der Waals surface area contributed by atoms with Crippen LogP contribution in [-0.2, 0) is 19.6 Å². The molecule has 0 spiro atoms. The third-order valence-electron chi connectivity index (χ3n) is 4.58. The maximum absolute atomic E-state index is 12.7. The minimum Gasteiger partial charge on any atom is -0.340 e. The summed E-state index contributed by atoms with van der Waals surface area (Å²) in [6.45, 7) is 0.549. The molecule has 0 aliphatic carbocycles. The first kappa shape index (κ1) is 24.1. The molecule has 2 amide bonds. The van der Waals surface area contributed by atoms with Gasteiger partial charge in [-0.25, -0.2) is 8.42 Å². The van der Waals surface area contributed by atoms with Crippen LogP contribution in [0.15, 0.2) is 29.2 Å². The lowest BCUT2D eigenvalue weighted by molar-refractivity contribution is -0.145. The van der Waals surface area contributed by atoms with Crippen molar-refractivity contribution in [3.8, 4) is 0 Å². The lowest BCUT2D eigenvalue weighted by Gasteiger charge is -2.25. The molecule has 0 atom stereocenters. The number of carbonyl (C=O) groups excluding carboxylic acids is 2. The normalized spacial score (nSPS) is 16.4. The zero-order valence-corrected chi connectivity index (χ0v) is 17.6. The molecule has 1 N–H and O–H groups in total. The standard InChI is InChI=1S/C18H25F3N4O4S/c1-14(26)22-15-4-6-16(7-5-15)30(28,29)23(2)12-17(27)25-9-3-8-24(10-11-25)13-18(19,20)21/h4-7H,3,8-13H2,1-2H3,(H,22,26). The average molecular weight is 450 g/mol. The Morgan fingerprint density at radius 2 is 1.73 bits per heavy atom. The SMILES string of the molecule is CC(=O)Nc1ccc(S(=O)(=O)N(C)CC(=O)N2CCCN(CC(F)(F)F)CC2)cc1. The lowest BCUT2D eigenvalue weighted by Crippen LogP contribution is -2.43. The molecule has 30 heavy (non-hydrogen) atoms. The van der Waals surface area contributed by atoms with E-state index in [1.807, 2.05) is 0 Å². The summed E-state index contributed by atoms with van der Waals surface area (Å²) in [6.07, 6.45) is -3.92. The van der Waals surface area contributed by atoms with Crippen LogP contribution < -0.4 is 5.32 Å². The van der Waals surface area contributed by atoms with Crippen molar-refractivity contribution in [3.63, 3.8) is 0 Å². The number of anilines is 1. The monoisotopic (exact) mass is 450 g/mol. The van der Waals surface area contributed by atoms with Crippen LogP contribution in [0.25, 0.3) is 0 Å². The number of nitrogens with one attached hydrogen (secondary N) is 1. The van der Waals surface area contributed by atoms with Gasteiger partial charge >= 0.3 is 6.18 Å². The fraction of sp³-hybridized carbons (Fsp3) is 0.556. The van der Waals surface area contributed by atoms with E-state index >= 15 is 0 Å². The Bertz CT molecular complexity index is 859. The van der Waals surface area contributed by atoms with E-state index in [9.17, 15) is 31.2 Å². The minimum absolute atomic E-state index is 0.0425. The summed E-state index contributed by atoms with van der Waals surface area (Å²) in [5, 5.41) is 2.53. The number of hydrogen-bond acceptors (Lipinski definition) is 5. The predicted molar refractivity (Wildman–Crippen MR) is 104 cm³/mol. The van der Waals surface area contributed by atoms with Gasteiger partial charge in [-0.1, -0.05) is 0 Å². The first-order valence-corrected chi connectivity index (χ1v) is 10.7. The number of hydrogen-bond donors (Lipinski definition) is 1. The highest BCUT2D eigenvalue weighted by Crippen LogP contribution is 2.19. The summed E-state index contributed by atoms with van der Waals surface area (Å²) in [6, 6.07) is 5.52. The van der Waals surface area contributed by atoms with Crippen LogP contribution in [-0.4, -0.2) is 86.8 Å². The van der Waals surface area contributed by atoms with Crippen molar-refractivity contribution in [3.05, 3.63) is 24.3 Å². The molecule has 8 nitrogen and oxygen atoms in total. The number of benzene rings is 1. The van der Waals surface area contributed by atoms with Crippen molar-refractivity contribution < 1.29 is 31.2 Å². The quantitative estimate of drug-likeness (QED) is 0.707. The topological polar surface area (TPSA) is 90.0 Å². The summed E-state index contributed by atoms with van der Waals surface area (Å²) >= 11 is 0. The molecule has 1 saturated heterocycles. The van der Waals surface area contributed by atoms with Crippen LogP contribution in [0.1, 0.15) is 13.3 Å². The molecule has 0 radical (unpaired) electrons. The number of likely N-dealkylation sites (N-methyl/N-ethyl adjacent to an activating group) is 1. The molecule has 0 saturated carbocycles. The highest BCUT2D eigenvalue weighted by atomic mass is 32.2. The number of amides is 2. The molecular weight excluding hydrogens is 425 g/mol. The molecule has 2 rings (SSSR count). The van der Waals surface area contributed by atoms with Crippen molar-refractivity contribution in [1.82, 2.24) is 14.1 Å². The smallest absolute Gasteiger partial charge is 0.340 e. The molecule has 0 bridgehead atoms. The van der Waals surface area contributed by atoms with E-state index in [0.717, 1.165) is 4.31 Å². The summed E-state index contributed by atoms with van der Waals surface area (Å²) in [7, 11) is -2.68. The molecule has 1 aromatic carbocycles. The van der Waals surface area contributed by atoms with Crippen LogP contribution >= 0.6 is 0 Å². The van der Waals surface area contributed by atoms with E-state index in [4.69, 9.17) is 0 Å². The Labute approximate surface area is 173 Å². The zero-order chi connectivity index (χ0) is 22.5. The largest absolute Gasteiger partial charge is 0.401 e. The van der Waals surface area contributed by atoms with Crippen LogP contribution in [0.3, 0.4) is 0 Å². The van der Waals surface area contributed by atoms with Crippen molar-refractivity contribution in [2.24, 2.45) is 0 Å². The van der Waals surface area contributed by atoms with Crippen LogP contribution in [0, 0.1) is 0 Å². The highest BCUT2D eigenvalue weighted by molar-refractivity contribution is 7.89. The average Bonchev–Trinajstić information content (AvgIpc) is 2.85. The van der Waals surface area contributed by atoms with E-state index in [1.165, 1.54) is 48.0 Å². The van der Waals surface area contributed by atoms with Gasteiger partial charge in [0.15, 0.2) is 0 Å². The maximum Gasteiger partial charge on any atom is 0.401 e. The van der Waals surface area contributed by atoms with Crippen LogP contribution in [0.4, 0.5) is 18.9 Å². The fourth-order valence-corrected chi connectivity index (χ4v) is 4.22. The number of carbonyl (C=O) groups is 2. The van der Waals surface area contributed by atoms with Crippen molar-refractivity contribution in [2.45, 2.75) is 24.4 Å². The van der Waals surface area contributed by atoms with Gasteiger partial charge in [0.1, 0.15) is 0 Å². The minimum atomic E-state index is -4.30. The van der Waals surface area contributed by atoms with E-state index in [-0.39, 0.29) is 37.0 Å². The molecule has 0 aromatic heterocycles. The Balaban J connectivity index is 1.98. The molecule has 168 valence electrons. The predicted octanol–water partition coefficient (Wildman–Crippen LogP) is 1.36. The van der Waals surface area contributed by atoms with Crippen molar-refractivity contribution in [1.29, 1.82) is 0 Å². The summed E-state index contributed by atoms with van der Waals surface area (Å²) in [5.74, 6) is -0.760. The third kappa shape index (κ3) is 6.96. The summed E-state index contributed by atoms with van der Waals surface area (Å²) < 4.78 is 64.0. The Morgan fingerprint density at radius 3 is 2.30 bits per heavy atom. The second kappa shape index (κ2) is 9.75. The number of alkyl halides is 3. The molecular formula is C18H25F3N4O4S. The van der Waals surface area contributed by atoms with Crippen LogP contribution in [0.5, 0.6) is 0 Å². The number of nitrogens with zero attached hydrogens (tertiary/aromatic N) is 3. The molecule has 1 aliphatic rings. The zero-order valence-electron chi connectivity index (χ0n) is 16.8. The first-order valence-electron chi connectivity index (χ1n) is 9.29. The van der Waals surface area contributed by atoms with E-state index < -0.39 is 35.2 Å². The van der Waals surface area contributed by atoms with Crippen LogP contribution in [0.2, 0.25) is 0 Å². The molecule has 1 aromatic rings. The Kier molecular flexibility index (Phi) is 7.83. The third-order valence-corrected chi connectivity index (χ3v) is 6.40. The number of rotatable bonds is 6. The van der Waals surface area contributed by atoms with Gasteiger partial charge < -0.3 is 10.2 Å². The Hall–Kier alpha value is -2.18. The maximum atomic E-state index is 12.7. The number of halogens is 3. The lowest BCUT2D eigenvalue weighted by atomic mass is 10.3. The van der Waals surface area contributed by atoms with Gasteiger partial charge in [0.05, 0.1) is 18.0 Å². The Morgan fingerprint density at radius 1 is 1.10 bits per heavy atom. The van der Waals surface area contributed by atoms with Gasteiger partial charge in [-0.2, -0.15) is 17.5 Å². The van der Waals surface area contributed by atoms with E-state index in [1.54, 1.807) is 0 Å². The van der Waals surface area contributed by atoms with E-state index in [2.05, 4.69) is 5.32 Å². The van der Waals surface area contributed by atoms with Gasteiger partial charge in [0.25, 0.3) is 0 Å². The van der Waals surface area contributed by atoms with Gasteiger partial charge in [-0.3, -0.25) is 14.5 Å². The number of sulfonamides is 1. The summed E-state index contributed by atoms with van der Waals surface area (Å²) in [5.41, 5.74) is 0.438. The van der Waals surface area contributed by atoms with Crippen molar-refractivity contribution in [2.75, 3.05) is 51.6 Å². The molecule has 0 unspecified atom stereocenters. The first-order chi connectivity index (χ1) is 13.9. The van der Waals surface area contributed by atoms with Gasteiger partial charge in [0, 0.05) is 45.8 Å². The van der Waals surface area contributed by atoms with Gasteiger partial charge in [-0.05, 0) is 30.7 Å². The second-order valence-corrected chi connectivity index (χ2v) is 9.14.